The molecule has 9 nitrogen and oxygen atoms in total. The summed E-state index contributed by atoms with van der Waals surface area (Å²) in [4.78, 5) is 20.8. The molecule has 0 aliphatic rings. The number of benzene rings is 1. The number of carbonyl (C=O) groups excluding carboxylic acids is 1. The predicted molar refractivity (Wildman–Crippen MR) is 140 cm³/mol. The van der Waals surface area contributed by atoms with Gasteiger partial charge < -0.3 is 4.57 Å². The van der Waals surface area contributed by atoms with Crippen LogP contribution in [0.4, 0.5) is 5.82 Å². The van der Waals surface area contributed by atoms with Crippen LogP contribution in [0.25, 0.3) is 28.0 Å². The van der Waals surface area contributed by atoms with E-state index in [9.17, 15) is 14.5 Å². The van der Waals surface area contributed by atoms with Gasteiger partial charge in [0.1, 0.15) is 0 Å². The van der Waals surface area contributed by atoms with Crippen LogP contribution in [0.5, 0.6) is 0 Å². The quantitative estimate of drug-likeness (QED) is 0.298. The Morgan fingerprint density at radius 1 is 1.29 bits per heavy atom. The molecular weight excluding hydrogens is 442 g/mol. The molecule has 0 fully saturated rings. The Labute approximate surface area is 205 Å². The standard InChI is InChI=1S/C24H28B2N6O3/c1-5-31(16-25-34)24-20-12-17(14-27-23(20)32(28-24)26(2)35)10-11-22(33)29(3)15-19-13-18-8-6-7-9-21(18)30(19)4/h6-14,35H,5,15-16H2,1-4H3/b11-10+. The Morgan fingerprint density at radius 3 is 2.74 bits per heavy atom. The molecule has 0 saturated heterocycles. The van der Waals surface area contributed by atoms with Gasteiger partial charge in [-0.3, -0.25) is 0 Å². The van der Waals surface area contributed by atoms with E-state index in [1.165, 1.54) is 10.7 Å². The zero-order valence-electron chi connectivity index (χ0n) is 20.4. The van der Waals surface area contributed by atoms with Crippen molar-refractivity contribution in [3.8, 4) is 0 Å². The molecule has 1 amide bonds. The van der Waals surface area contributed by atoms with Crippen LogP contribution in [-0.4, -0.2) is 69.3 Å². The minimum absolute atomic E-state index is 0.133. The van der Waals surface area contributed by atoms with Gasteiger partial charge in [0.15, 0.2) is 0 Å². The normalized spacial score (nSPS) is 11.3. The van der Waals surface area contributed by atoms with Crippen LogP contribution in [0, 0.1) is 0 Å². The first kappa shape index (κ1) is 24.4. The molecule has 0 aliphatic heterocycles. The van der Waals surface area contributed by atoms with Gasteiger partial charge in [0.25, 0.3) is 0 Å². The Kier molecular flexibility index (Phi) is 7.16. The molecule has 1 N–H and O–H groups in total. The summed E-state index contributed by atoms with van der Waals surface area (Å²) in [5.74, 6) is 0.434. The number of rotatable bonds is 9. The summed E-state index contributed by atoms with van der Waals surface area (Å²) in [6.07, 6.45) is 5.05. The molecule has 1 aromatic carbocycles. The van der Waals surface area contributed by atoms with E-state index in [0.29, 0.717) is 29.9 Å². The monoisotopic (exact) mass is 470 g/mol. The number of carbonyl (C=O) groups is 1. The third-order valence-corrected chi connectivity index (χ3v) is 6.12. The van der Waals surface area contributed by atoms with Crippen molar-refractivity contribution in [2.45, 2.75) is 20.3 Å². The zero-order chi connectivity index (χ0) is 25.1. The van der Waals surface area contributed by atoms with E-state index in [1.807, 2.05) is 37.1 Å². The summed E-state index contributed by atoms with van der Waals surface area (Å²) < 4.78 is 14.7. The molecule has 35 heavy (non-hydrogen) atoms. The number of fused-ring (bicyclic) bond motifs is 2. The number of likely N-dealkylation sites (N-methyl/N-ethyl adjacent to an activating group) is 1. The van der Waals surface area contributed by atoms with Crippen molar-refractivity contribution in [3.63, 3.8) is 0 Å². The zero-order valence-corrected chi connectivity index (χ0v) is 20.4. The Morgan fingerprint density at radius 2 is 2.06 bits per heavy atom. The van der Waals surface area contributed by atoms with Gasteiger partial charge in [-0.25, -0.2) is 0 Å². The molecule has 4 aromatic rings. The fourth-order valence-corrected chi connectivity index (χ4v) is 4.18. The van der Waals surface area contributed by atoms with E-state index in [0.717, 1.165) is 29.3 Å². The molecule has 3 heterocycles. The molecule has 0 saturated carbocycles. The molecule has 0 spiro atoms. The molecule has 0 radical (unpaired) electrons. The van der Waals surface area contributed by atoms with Crippen molar-refractivity contribution >= 4 is 53.9 Å². The first-order valence-corrected chi connectivity index (χ1v) is 11.6. The Balaban J connectivity index is 1.57. The molecule has 0 unspecified atom stereocenters. The Hall–Kier alpha value is -3.72. The van der Waals surface area contributed by atoms with Crippen LogP contribution >= 0.6 is 0 Å². The van der Waals surface area contributed by atoms with Crippen LogP contribution < -0.4 is 4.90 Å². The number of aromatic nitrogens is 4. The fraction of sp³-hybridized carbons (Fsp3) is 0.292. The van der Waals surface area contributed by atoms with Crippen molar-refractivity contribution in [3.05, 3.63) is 59.9 Å². The molecule has 0 bridgehead atoms. The first-order valence-electron chi connectivity index (χ1n) is 11.6. The minimum atomic E-state index is -0.875. The molecule has 0 aliphatic carbocycles. The van der Waals surface area contributed by atoms with E-state index in [4.69, 9.17) is 0 Å². The van der Waals surface area contributed by atoms with Crippen molar-refractivity contribution < 1.29 is 14.5 Å². The average molecular weight is 470 g/mol. The number of anilines is 1. The van der Waals surface area contributed by atoms with Crippen molar-refractivity contribution in [1.29, 1.82) is 0 Å². The molecule has 0 atom stereocenters. The van der Waals surface area contributed by atoms with Gasteiger partial charge in [-0.05, 0) is 17.5 Å². The fourth-order valence-electron chi connectivity index (χ4n) is 4.18. The first-order chi connectivity index (χ1) is 16.8. The number of hydrogen-bond donors (Lipinski definition) is 1. The summed E-state index contributed by atoms with van der Waals surface area (Å²) in [5, 5.41) is 16.5. The number of pyridine rings is 1. The van der Waals surface area contributed by atoms with Crippen LogP contribution in [0.3, 0.4) is 0 Å². The maximum atomic E-state index is 12.8. The van der Waals surface area contributed by atoms with E-state index in [2.05, 4.69) is 32.8 Å². The van der Waals surface area contributed by atoms with Crippen molar-refractivity contribution in [2.24, 2.45) is 7.05 Å². The third-order valence-electron chi connectivity index (χ3n) is 6.12. The average Bonchev–Trinajstić information content (AvgIpc) is 3.38. The van der Waals surface area contributed by atoms with Crippen LogP contribution in [0.15, 0.2) is 48.7 Å². The number of nitrogens with zero attached hydrogens (tertiary/aromatic N) is 6. The van der Waals surface area contributed by atoms with E-state index < -0.39 is 7.05 Å². The number of para-hydroxylation sites is 1. The van der Waals surface area contributed by atoms with Crippen LogP contribution in [0.2, 0.25) is 6.82 Å². The van der Waals surface area contributed by atoms with E-state index in [-0.39, 0.29) is 12.4 Å². The van der Waals surface area contributed by atoms with Gasteiger partial charge in [-0.1, -0.05) is 18.2 Å². The summed E-state index contributed by atoms with van der Waals surface area (Å²) in [7, 11) is 3.72. The number of aryl methyl sites for hydroxylation is 1. The van der Waals surface area contributed by atoms with E-state index in [1.54, 1.807) is 31.0 Å². The Bertz CT molecular complexity index is 1410. The summed E-state index contributed by atoms with van der Waals surface area (Å²) >= 11 is 0. The molecule has 3 aromatic heterocycles. The maximum absolute atomic E-state index is 12.8. The molecule has 4 rings (SSSR count). The predicted octanol–water partition coefficient (Wildman–Crippen LogP) is 2.39. The second-order valence-electron chi connectivity index (χ2n) is 8.53. The summed E-state index contributed by atoms with van der Waals surface area (Å²) in [6.45, 7) is 4.58. The van der Waals surface area contributed by atoms with Gasteiger partial charge in [-0.15, -0.1) is 0 Å². The van der Waals surface area contributed by atoms with Crippen molar-refractivity contribution in [1.82, 2.24) is 24.1 Å². The summed E-state index contributed by atoms with van der Waals surface area (Å²) in [5.41, 5.74) is 3.40. The van der Waals surface area contributed by atoms with Gasteiger partial charge in [0.05, 0.1) is 0 Å². The van der Waals surface area contributed by atoms with Gasteiger partial charge in [0, 0.05) is 12.6 Å². The van der Waals surface area contributed by atoms with Gasteiger partial charge in [0.2, 0.25) is 0 Å². The SMILES string of the molecule is CCN(CB=O)c1nn(B(C)O)c2ncc(/C=C/C(=O)N(C)Cc3cc4ccccc4n3C)cc12. The second kappa shape index (κ2) is 10.3. The molecule has 11 heteroatoms. The van der Waals surface area contributed by atoms with Crippen LogP contribution in [-0.2, 0) is 23.1 Å². The topological polar surface area (TPSA) is 96.5 Å². The van der Waals surface area contributed by atoms with Crippen LogP contribution in [0.1, 0.15) is 18.2 Å². The van der Waals surface area contributed by atoms with E-state index >= 15 is 0 Å². The van der Waals surface area contributed by atoms with Gasteiger partial charge >= 0.3 is 152 Å². The number of amides is 1. The summed E-state index contributed by atoms with van der Waals surface area (Å²) in [6, 6.07) is 12.1. The second-order valence-corrected chi connectivity index (χ2v) is 8.53. The number of hydrogen-bond acceptors (Lipinski definition) is 6. The molecule has 178 valence electrons. The molecular formula is C24H28B2N6O3. The van der Waals surface area contributed by atoms with Crippen molar-refractivity contribution in [2.75, 3.05) is 24.9 Å². The van der Waals surface area contributed by atoms with Gasteiger partial charge in [-0.2, -0.15) is 0 Å². The third kappa shape index (κ3) is 4.90.